The SMILES string of the molecule is C=C/C=C(\C(C)=C(C)C)N1C(=C)NN=C1c1cc(CC)ccc1O. The van der Waals surface area contributed by atoms with Gasteiger partial charge >= 0.3 is 0 Å². The monoisotopic (exact) mass is 323 g/mol. The van der Waals surface area contributed by atoms with Gasteiger partial charge in [-0.3, -0.25) is 10.3 Å². The molecule has 0 aromatic heterocycles. The highest BCUT2D eigenvalue weighted by atomic mass is 16.3. The maximum absolute atomic E-state index is 10.3. The Balaban J connectivity index is 2.59. The summed E-state index contributed by atoms with van der Waals surface area (Å²) in [5.41, 5.74) is 7.97. The summed E-state index contributed by atoms with van der Waals surface area (Å²) in [7, 11) is 0. The van der Waals surface area contributed by atoms with Gasteiger partial charge in [-0.15, -0.1) is 0 Å². The molecule has 2 N–H and O–H groups in total. The third-order valence-electron chi connectivity index (χ3n) is 4.13. The van der Waals surface area contributed by atoms with Gasteiger partial charge in [0.25, 0.3) is 0 Å². The van der Waals surface area contributed by atoms with Crippen molar-refractivity contribution < 1.29 is 5.11 Å². The zero-order valence-corrected chi connectivity index (χ0v) is 14.8. The molecule has 1 aromatic carbocycles. The van der Waals surface area contributed by atoms with Crippen LogP contribution in [0.15, 0.2) is 71.3 Å². The van der Waals surface area contributed by atoms with Gasteiger partial charge in [-0.2, -0.15) is 5.10 Å². The number of nitrogens with zero attached hydrogens (tertiary/aromatic N) is 2. The molecule has 1 heterocycles. The second-order valence-corrected chi connectivity index (χ2v) is 5.95. The van der Waals surface area contributed by atoms with Crippen LogP contribution in [-0.4, -0.2) is 15.8 Å². The molecule has 0 atom stereocenters. The Labute approximate surface area is 144 Å². The number of rotatable bonds is 5. The molecule has 2 rings (SSSR count). The first kappa shape index (κ1) is 17.6. The van der Waals surface area contributed by atoms with Crippen LogP contribution >= 0.6 is 0 Å². The van der Waals surface area contributed by atoms with E-state index in [2.05, 4.69) is 51.4 Å². The van der Waals surface area contributed by atoms with Gasteiger partial charge in [0, 0.05) is 0 Å². The number of allylic oxidation sites excluding steroid dienone is 4. The van der Waals surface area contributed by atoms with Gasteiger partial charge in [0.15, 0.2) is 5.84 Å². The fourth-order valence-corrected chi connectivity index (χ4v) is 2.50. The molecule has 0 spiro atoms. The van der Waals surface area contributed by atoms with E-state index in [1.807, 2.05) is 23.1 Å². The molecule has 0 radical (unpaired) electrons. The smallest absolute Gasteiger partial charge is 0.170 e. The van der Waals surface area contributed by atoms with Gasteiger partial charge in [0.1, 0.15) is 11.6 Å². The lowest BCUT2D eigenvalue weighted by Gasteiger charge is -2.25. The predicted molar refractivity (Wildman–Crippen MR) is 100 cm³/mol. The normalized spacial score (nSPS) is 14.3. The minimum atomic E-state index is 0.195. The summed E-state index contributed by atoms with van der Waals surface area (Å²) >= 11 is 0. The van der Waals surface area contributed by atoms with Gasteiger partial charge in [-0.05, 0) is 56.5 Å². The van der Waals surface area contributed by atoms with Crippen LogP contribution < -0.4 is 5.43 Å². The Morgan fingerprint density at radius 2 is 2.04 bits per heavy atom. The summed E-state index contributed by atoms with van der Waals surface area (Å²) in [5.74, 6) is 1.46. The summed E-state index contributed by atoms with van der Waals surface area (Å²) in [4.78, 5) is 1.92. The zero-order valence-electron chi connectivity index (χ0n) is 14.8. The molecule has 1 aliphatic heterocycles. The minimum absolute atomic E-state index is 0.195. The second-order valence-electron chi connectivity index (χ2n) is 5.95. The number of aromatic hydroxyl groups is 1. The van der Waals surface area contributed by atoms with Crippen LogP contribution in [0.5, 0.6) is 5.75 Å². The number of phenols is 1. The topological polar surface area (TPSA) is 47.9 Å². The molecule has 0 saturated heterocycles. The lowest BCUT2D eigenvalue weighted by molar-refractivity contribution is 0.472. The highest BCUT2D eigenvalue weighted by Gasteiger charge is 2.28. The number of phenolic OH excluding ortho intramolecular Hbond substituents is 1. The first-order chi connectivity index (χ1) is 11.4. The summed E-state index contributed by atoms with van der Waals surface area (Å²) in [6, 6.07) is 5.59. The number of hydrogen-bond donors (Lipinski definition) is 2. The molecule has 4 nitrogen and oxygen atoms in total. The minimum Gasteiger partial charge on any atom is -0.507 e. The van der Waals surface area contributed by atoms with Gasteiger partial charge in [-0.25, -0.2) is 0 Å². The Kier molecular flexibility index (Phi) is 5.29. The third-order valence-corrected chi connectivity index (χ3v) is 4.13. The Morgan fingerprint density at radius 1 is 1.33 bits per heavy atom. The van der Waals surface area contributed by atoms with E-state index in [9.17, 15) is 5.11 Å². The van der Waals surface area contributed by atoms with E-state index in [-0.39, 0.29) is 5.75 Å². The van der Waals surface area contributed by atoms with E-state index in [1.165, 1.54) is 5.57 Å². The first-order valence-corrected chi connectivity index (χ1v) is 8.02. The number of amidine groups is 1. The highest BCUT2D eigenvalue weighted by Crippen LogP contribution is 2.30. The van der Waals surface area contributed by atoms with E-state index < -0.39 is 0 Å². The van der Waals surface area contributed by atoms with Crippen LogP contribution in [0.1, 0.15) is 38.8 Å². The lowest BCUT2D eigenvalue weighted by Crippen LogP contribution is -2.28. The van der Waals surface area contributed by atoms with Crippen molar-refractivity contribution in [2.24, 2.45) is 5.10 Å². The van der Waals surface area contributed by atoms with E-state index >= 15 is 0 Å². The summed E-state index contributed by atoms with van der Waals surface area (Å²) in [6.45, 7) is 16.1. The van der Waals surface area contributed by atoms with E-state index in [0.29, 0.717) is 17.2 Å². The molecule has 126 valence electrons. The van der Waals surface area contributed by atoms with Crippen molar-refractivity contribution in [2.45, 2.75) is 34.1 Å². The number of nitrogens with one attached hydrogen (secondary N) is 1. The Hall–Kier alpha value is -2.75. The summed E-state index contributed by atoms with van der Waals surface area (Å²) in [5, 5.41) is 14.7. The molecular weight excluding hydrogens is 298 g/mol. The van der Waals surface area contributed by atoms with Crippen LogP contribution in [0.2, 0.25) is 0 Å². The predicted octanol–water partition coefficient (Wildman–Crippen LogP) is 4.42. The molecule has 0 aliphatic carbocycles. The summed E-state index contributed by atoms with van der Waals surface area (Å²) in [6.07, 6.45) is 4.56. The maximum atomic E-state index is 10.3. The molecule has 0 fully saturated rings. The molecule has 0 amide bonds. The van der Waals surface area contributed by atoms with Gasteiger partial charge in [-0.1, -0.05) is 37.8 Å². The maximum Gasteiger partial charge on any atom is 0.170 e. The number of hydrazone groups is 1. The molecule has 1 aromatic rings. The summed E-state index contributed by atoms with van der Waals surface area (Å²) < 4.78 is 0. The average molecular weight is 323 g/mol. The standard InChI is InChI=1S/C20H25N3O/c1-7-9-18(14(5)13(3)4)23-15(6)21-22-20(23)17-12-16(8-2)10-11-19(17)24/h7,9-12,21,24H,1,6,8H2,2-5H3/b18-9+. The van der Waals surface area contributed by atoms with E-state index in [0.717, 1.165) is 23.3 Å². The van der Waals surface area contributed by atoms with Gasteiger partial charge in [0.2, 0.25) is 0 Å². The van der Waals surface area contributed by atoms with Crippen molar-refractivity contribution >= 4 is 5.84 Å². The molecule has 0 unspecified atom stereocenters. The molecule has 24 heavy (non-hydrogen) atoms. The van der Waals surface area contributed by atoms with Gasteiger partial charge < -0.3 is 5.11 Å². The van der Waals surface area contributed by atoms with Crippen LogP contribution in [0.3, 0.4) is 0 Å². The fraction of sp³-hybridized carbons (Fsp3) is 0.250. The fourth-order valence-electron chi connectivity index (χ4n) is 2.50. The zero-order chi connectivity index (χ0) is 17.9. The molecule has 0 bridgehead atoms. The molecular formula is C20H25N3O. The van der Waals surface area contributed by atoms with Crippen LogP contribution in [0, 0.1) is 0 Å². The van der Waals surface area contributed by atoms with Crippen LogP contribution in [0.25, 0.3) is 0 Å². The van der Waals surface area contributed by atoms with Crippen molar-refractivity contribution in [3.05, 3.63) is 77.3 Å². The molecule has 1 aliphatic rings. The average Bonchev–Trinajstić information content (AvgIpc) is 2.93. The van der Waals surface area contributed by atoms with Gasteiger partial charge in [0.05, 0.1) is 11.3 Å². The Bertz CT molecular complexity index is 765. The third kappa shape index (κ3) is 3.27. The van der Waals surface area contributed by atoms with Crippen LogP contribution in [-0.2, 0) is 6.42 Å². The molecule has 0 saturated carbocycles. The largest absolute Gasteiger partial charge is 0.507 e. The van der Waals surface area contributed by atoms with Crippen molar-refractivity contribution in [1.29, 1.82) is 0 Å². The van der Waals surface area contributed by atoms with Crippen molar-refractivity contribution in [2.75, 3.05) is 0 Å². The first-order valence-electron chi connectivity index (χ1n) is 8.02. The quantitative estimate of drug-likeness (QED) is 0.789. The van der Waals surface area contributed by atoms with Crippen LogP contribution in [0.4, 0.5) is 0 Å². The Morgan fingerprint density at radius 3 is 2.62 bits per heavy atom. The second kappa shape index (κ2) is 7.21. The van der Waals surface area contributed by atoms with Crippen molar-refractivity contribution in [3.63, 3.8) is 0 Å². The van der Waals surface area contributed by atoms with Crippen molar-refractivity contribution in [1.82, 2.24) is 10.3 Å². The highest BCUT2D eigenvalue weighted by molar-refractivity contribution is 6.04. The number of hydrogen-bond acceptors (Lipinski definition) is 4. The number of benzene rings is 1. The van der Waals surface area contributed by atoms with E-state index in [1.54, 1.807) is 12.1 Å². The lowest BCUT2D eigenvalue weighted by atomic mass is 10.0. The van der Waals surface area contributed by atoms with Crippen molar-refractivity contribution in [3.8, 4) is 5.75 Å². The van der Waals surface area contributed by atoms with E-state index in [4.69, 9.17) is 0 Å². The molecule has 4 heteroatoms. The number of aryl methyl sites for hydroxylation is 1.